The Hall–Kier alpha value is -0.370. The number of ether oxygens (including phenoxy) is 1. The summed E-state index contributed by atoms with van der Waals surface area (Å²) in [5.74, 6) is 2.75. The molecule has 4 aliphatic rings. The molecule has 5 unspecified atom stereocenters. The summed E-state index contributed by atoms with van der Waals surface area (Å²) >= 11 is 0. The predicted octanol–water partition coefficient (Wildman–Crippen LogP) is 2.03. The van der Waals surface area contributed by atoms with Gasteiger partial charge < -0.3 is 4.74 Å². The lowest BCUT2D eigenvalue weighted by molar-refractivity contribution is -0.161. The van der Waals surface area contributed by atoms with Gasteiger partial charge in [0, 0.05) is 18.4 Å². The third kappa shape index (κ3) is 1.10. The molecule has 0 saturated heterocycles. The third-order valence-corrected chi connectivity index (χ3v) is 4.42. The summed E-state index contributed by atoms with van der Waals surface area (Å²) < 4.78 is 5.77. The van der Waals surface area contributed by atoms with Gasteiger partial charge in [-0.2, -0.15) is 0 Å². The highest BCUT2D eigenvalue weighted by atomic mass is 16.5. The zero-order chi connectivity index (χ0) is 9.71. The summed E-state index contributed by atoms with van der Waals surface area (Å²) in [5, 5.41) is 0. The van der Waals surface area contributed by atoms with Crippen LogP contribution in [0.15, 0.2) is 0 Å². The highest BCUT2D eigenvalue weighted by Gasteiger charge is 2.53. The Balaban J connectivity index is 1.86. The van der Waals surface area contributed by atoms with E-state index < -0.39 is 0 Å². The monoisotopic (exact) mass is 194 g/mol. The van der Waals surface area contributed by atoms with E-state index in [9.17, 15) is 4.79 Å². The summed E-state index contributed by atoms with van der Waals surface area (Å²) in [4.78, 5) is 12.0. The molecule has 0 aliphatic heterocycles. The fraction of sp³-hybridized carbons (Fsp3) is 0.917. The van der Waals surface area contributed by atoms with Crippen LogP contribution in [0.2, 0.25) is 0 Å². The second-order valence-corrected chi connectivity index (χ2v) is 5.19. The molecule has 4 fully saturated rings. The van der Waals surface area contributed by atoms with Crippen molar-refractivity contribution in [2.24, 2.45) is 23.7 Å². The molecule has 5 atom stereocenters. The Kier molecular flexibility index (Phi) is 1.94. The molecule has 4 bridgehead atoms. The van der Waals surface area contributed by atoms with Gasteiger partial charge in [0.2, 0.25) is 0 Å². The molecule has 0 aromatic heterocycles. The van der Waals surface area contributed by atoms with E-state index in [-0.39, 0.29) is 12.0 Å². The van der Waals surface area contributed by atoms with E-state index in [0.29, 0.717) is 17.6 Å². The first-order valence-electron chi connectivity index (χ1n) is 5.95. The number of hydrogen-bond acceptors (Lipinski definition) is 2. The lowest BCUT2D eigenvalue weighted by atomic mass is 9.54. The Labute approximate surface area is 85.0 Å². The molecular weight excluding hydrogens is 176 g/mol. The van der Waals surface area contributed by atoms with Gasteiger partial charge in [0.25, 0.3) is 0 Å². The van der Waals surface area contributed by atoms with Gasteiger partial charge in [-0.1, -0.05) is 0 Å². The molecular formula is C12H18O2. The SMILES string of the molecule is CCOC1C2CC3CC(C2)C(=O)C1C3. The number of hydrogen-bond donors (Lipinski definition) is 0. The summed E-state index contributed by atoms with van der Waals surface area (Å²) in [6, 6.07) is 0. The van der Waals surface area contributed by atoms with Crippen LogP contribution in [0.25, 0.3) is 0 Å². The fourth-order valence-corrected chi connectivity index (χ4v) is 4.02. The zero-order valence-corrected chi connectivity index (χ0v) is 8.74. The lowest BCUT2D eigenvalue weighted by Gasteiger charge is -2.52. The second-order valence-electron chi connectivity index (χ2n) is 5.19. The van der Waals surface area contributed by atoms with Crippen LogP contribution in [0, 0.1) is 23.7 Å². The molecule has 0 aromatic rings. The van der Waals surface area contributed by atoms with Gasteiger partial charge in [-0.25, -0.2) is 0 Å². The van der Waals surface area contributed by atoms with Crippen LogP contribution in [0.4, 0.5) is 0 Å². The summed E-state index contributed by atoms with van der Waals surface area (Å²) in [7, 11) is 0. The van der Waals surface area contributed by atoms with E-state index in [1.54, 1.807) is 0 Å². The van der Waals surface area contributed by atoms with Crippen molar-refractivity contribution in [2.75, 3.05) is 6.61 Å². The van der Waals surface area contributed by atoms with Crippen molar-refractivity contribution in [3.63, 3.8) is 0 Å². The molecule has 0 aromatic carbocycles. The molecule has 4 saturated carbocycles. The first-order valence-corrected chi connectivity index (χ1v) is 5.95. The van der Waals surface area contributed by atoms with Gasteiger partial charge in [-0.05, 0) is 44.4 Å². The molecule has 0 N–H and O–H groups in total. The summed E-state index contributed by atoms with van der Waals surface area (Å²) in [6.07, 6.45) is 5.03. The molecule has 0 amide bonds. The van der Waals surface area contributed by atoms with Crippen LogP contribution < -0.4 is 0 Å². The van der Waals surface area contributed by atoms with Crippen molar-refractivity contribution < 1.29 is 9.53 Å². The van der Waals surface area contributed by atoms with Crippen LogP contribution >= 0.6 is 0 Å². The van der Waals surface area contributed by atoms with Crippen LogP contribution in [-0.2, 0) is 9.53 Å². The van der Waals surface area contributed by atoms with E-state index in [2.05, 4.69) is 0 Å². The number of rotatable bonds is 2. The number of carbonyl (C=O) groups is 1. The maximum Gasteiger partial charge on any atom is 0.141 e. The third-order valence-electron chi connectivity index (χ3n) is 4.42. The topological polar surface area (TPSA) is 26.3 Å². The Bertz CT molecular complexity index is 261. The fourth-order valence-electron chi connectivity index (χ4n) is 4.02. The van der Waals surface area contributed by atoms with Crippen LogP contribution in [0.3, 0.4) is 0 Å². The van der Waals surface area contributed by atoms with Gasteiger partial charge in [-0.3, -0.25) is 4.79 Å². The quantitative estimate of drug-likeness (QED) is 0.672. The highest BCUT2D eigenvalue weighted by Crippen LogP contribution is 2.52. The van der Waals surface area contributed by atoms with Crippen molar-refractivity contribution in [1.82, 2.24) is 0 Å². The van der Waals surface area contributed by atoms with E-state index in [4.69, 9.17) is 4.74 Å². The van der Waals surface area contributed by atoms with Crippen molar-refractivity contribution in [3.05, 3.63) is 0 Å². The Morgan fingerprint density at radius 1 is 1.29 bits per heavy atom. The maximum atomic E-state index is 12.0. The minimum atomic E-state index is 0.270. The maximum absolute atomic E-state index is 12.0. The van der Waals surface area contributed by atoms with Gasteiger partial charge in [0.15, 0.2) is 0 Å². The molecule has 78 valence electrons. The smallest absolute Gasteiger partial charge is 0.141 e. The molecule has 0 radical (unpaired) electrons. The van der Waals surface area contributed by atoms with Gasteiger partial charge >= 0.3 is 0 Å². The van der Waals surface area contributed by atoms with Crippen LogP contribution in [0.1, 0.15) is 32.6 Å². The van der Waals surface area contributed by atoms with E-state index in [1.165, 1.54) is 12.8 Å². The number of ketones is 1. The minimum Gasteiger partial charge on any atom is -0.377 e. The highest BCUT2D eigenvalue weighted by molar-refractivity contribution is 5.86. The van der Waals surface area contributed by atoms with E-state index in [1.807, 2.05) is 6.92 Å². The predicted molar refractivity (Wildman–Crippen MR) is 52.8 cm³/mol. The average molecular weight is 194 g/mol. The molecule has 4 rings (SSSR count). The first-order chi connectivity index (χ1) is 6.79. The van der Waals surface area contributed by atoms with Crippen LogP contribution in [-0.4, -0.2) is 18.5 Å². The molecule has 14 heavy (non-hydrogen) atoms. The van der Waals surface area contributed by atoms with Crippen LogP contribution in [0.5, 0.6) is 0 Å². The minimum absolute atomic E-state index is 0.270. The average Bonchev–Trinajstić information content (AvgIpc) is 2.18. The lowest BCUT2D eigenvalue weighted by Crippen LogP contribution is -2.54. The Morgan fingerprint density at radius 2 is 2.14 bits per heavy atom. The van der Waals surface area contributed by atoms with Gasteiger partial charge in [0.05, 0.1) is 6.10 Å². The number of Topliss-reactive ketones (excluding diaryl/α,β-unsaturated/α-hetero) is 1. The normalized spacial score (nSPS) is 50.1. The second kappa shape index (κ2) is 3.06. The van der Waals surface area contributed by atoms with Crippen molar-refractivity contribution in [1.29, 1.82) is 0 Å². The molecule has 0 spiro atoms. The zero-order valence-electron chi connectivity index (χ0n) is 8.74. The summed E-state index contributed by atoms with van der Waals surface area (Å²) in [6.45, 7) is 2.80. The van der Waals surface area contributed by atoms with Crippen molar-refractivity contribution >= 4 is 5.78 Å². The molecule has 2 heteroatoms. The van der Waals surface area contributed by atoms with E-state index in [0.717, 1.165) is 25.4 Å². The standard InChI is InChI=1S/C12H18O2/c1-2-14-12-9-4-7-3-8(6-9)11(13)10(12)5-7/h7-10,12H,2-6H2,1H3. The van der Waals surface area contributed by atoms with Crippen molar-refractivity contribution in [3.8, 4) is 0 Å². The largest absolute Gasteiger partial charge is 0.377 e. The molecule has 0 heterocycles. The molecule has 4 aliphatic carbocycles. The summed E-state index contributed by atoms with van der Waals surface area (Å²) in [5.41, 5.74) is 0. The van der Waals surface area contributed by atoms with E-state index >= 15 is 0 Å². The van der Waals surface area contributed by atoms with Crippen molar-refractivity contribution in [2.45, 2.75) is 38.7 Å². The van der Waals surface area contributed by atoms with Gasteiger partial charge in [0.1, 0.15) is 5.78 Å². The van der Waals surface area contributed by atoms with Gasteiger partial charge in [-0.15, -0.1) is 0 Å². The Morgan fingerprint density at radius 3 is 2.93 bits per heavy atom. The number of carbonyl (C=O) groups excluding carboxylic acids is 1. The molecule has 2 nitrogen and oxygen atoms in total. The first kappa shape index (κ1) is 8.90.